The first-order valence-electron chi connectivity index (χ1n) is 8.92. The lowest BCUT2D eigenvalue weighted by Gasteiger charge is -2.31. The molecule has 0 aliphatic carbocycles. The molecule has 1 amide bonds. The Kier molecular flexibility index (Phi) is 8.22. The number of ether oxygens (including phenoxy) is 1. The van der Waals surface area contributed by atoms with Gasteiger partial charge >= 0.3 is 0 Å². The summed E-state index contributed by atoms with van der Waals surface area (Å²) in [6.45, 7) is 4.80. The van der Waals surface area contributed by atoms with E-state index < -0.39 is 0 Å². The number of hydrogen-bond acceptors (Lipinski definition) is 4. The first-order valence-corrected chi connectivity index (χ1v) is 8.92. The number of nitrogens with zero attached hydrogens (tertiary/aromatic N) is 1. The lowest BCUT2D eigenvalue weighted by Crippen LogP contribution is -2.41. The topological polar surface area (TPSA) is 53.6 Å². The summed E-state index contributed by atoms with van der Waals surface area (Å²) >= 11 is 0. The van der Waals surface area contributed by atoms with Crippen LogP contribution in [-0.2, 0) is 22.7 Å². The van der Waals surface area contributed by atoms with Crippen molar-refractivity contribution in [1.29, 1.82) is 0 Å². The van der Waals surface area contributed by atoms with Crippen molar-refractivity contribution in [3.63, 3.8) is 0 Å². The van der Waals surface area contributed by atoms with Crippen LogP contribution < -0.4 is 10.6 Å². The fraction of sp³-hybridized carbons (Fsp3) is 0.632. The minimum absolute atomic E-state index is 0.107. The first kappa shape index (κ1) is 18.9. The summed E-state index contributed by atoms with van der Waals surface area (Å²) in [4.78, 5) is 14.5. The quantitative estimate of drug-likeness (QED) is 0.723. The molecular weight excluding hydrogens is 302 g/mol. The maximum absolute atomic E-state index is 12.2. The van der Waals surface area contributed by atoms with Gasteiger partial charge < -0.3 is 15.4 Å². The van der Waals surface area contributed by atoms with E-state index in [9.17, 15) is 4.79 Å². The van der Waals surface area contributed by atoms with Gasteiger partial charge in [-0.05, 0) is 63.0 Å². The Bertz CT molecular complexity index is 499. The van der Waals surface area contributed by atoms with Crippen molar-refractivity contribution in [1.82, 2.24) is 15.5 Å². The van der Waals surface area contributed by atoms with Crippen LogP contribution in [0.25, 0.3) is 0 Å². The lowest BCUT2D eigenvalue weighted by atomic mass is 9.93. The first-order chi connectivity index (χ1) is 11.7. The Morgan fingerprint density at radius 1 is 1.25 bits per heavy atom. The van der Waals surface area contributed by atoms with E-state index in [-0.39, 0.29) is 5.91 Å². The number of likely N-dealkylation sites (tertiary alicyclic amines) is 1. The number of carbonyl (C=O) groups is 1. The van der Waals surface area contributed by atoms with Crippen LogP contribution in [0.2, 0.25) is 0 Å². The van der Waals surface area contributed by atoms with Crippen LogP contribution >= 0.6 is 0 Å². The zero-order chi connectivity index (χ0) is 17.2. The number of rotatable bonds is 9. The van der Waals surface area contributed by atoms with Gasteiger partial charge in [0.1, 0.15) is 0 Å². The molecule has 24 heavy (non-hydrogen) atoms. The highest BCUT2D eigenvalue weighted by molar-refractivity contribution is 5.78. The van der Waals surface area contributed by atoms with Crippen molar-refractivity contribution < 1.29 is 9.53 Å². The second kappa shape index (κ2) is 10.4. The Morgan fingerprint density at radius 3 is 2.62 bits per heavy atom. The van der Waals surface area contributed by atoms with Crippen LogP contribution in [-0.4, -0.2) is 51.1 Å². The predicted molar refractivity (Wildman–Crippen MR) is 96.7 cm³/mol. The van der Waals surface area contributed by atoms with Crippen molar-refractivity contribution in [2.45, 2.75) is 32.4 Å². The van der Waals surface area contributed by atoms with Crippen LogP contribution in [0.5, 0.6) is 0 Å². The van der Waals surface area contributed by atoms with Crippen LogP contribution in [0.1, 0.15) is 30.4 Å². The fourth-order valence-corrected chi connectivity index (χ4v) is 3.26. The van der Waals surface area contributed by atoms with E-state index in [1.165, 1.54) is 19.3 Å². The zero-order valence-corrected chi connectivity index (χ0v) is 15.0. The molecule has 0 spiro atoms. The predicted octanol–water partition coefficient (Wildman–Crippen LogP) is 1.77. The Morgan fingerprint density at radius 2 is 1.96 bits per heavy atom. The Hall–Kier alpha value is -1.43. The summed E-state index contributed by atoms with van der Waals surface area (Å²) in [7, 11) is 3.69. The fourth-order valence-electron chi connectivity index (χ4n) is 3.26. The van der Waals surface area contributed by atoms with Crippen molar-refractivity contribution in [3.8, 4) is 0 Å². The van der Waals surface area contributed by atoms with Gasteiger partial charge in [-0.15, -0.1) is 0 Å². The maximum atomic E-state index is 12.2. The van der Waals surface area contributed by atoms with E-state index in [0.29, 0.717) is 19.7 Å². The van der Waals surface area contributed by atoms with Crippen LogP contribution in [0.15, 0.2) is 24.3 Å². The minimum atomic E-state index is 0.107. The van der Waals surface area contributed by atoms with Crippen molar-refractivity contribution in [3.05, 3.63) is 35.4 Å². The smallest absolute Gasteiger partial charge is 0.234 e. The number of amides is 1. The van der Waals surface area contributed by atoms with E-state index in [2.05, 4.69) is 15.5 Å². The van der Waals surface area contributed by atoms with Gasteiger partial charge in [-0.1, -0.05) is 24.3 Å². The van der Waals surface area contributed by atoms with Crippen LogP contribution in [0.4, 0.5) is 0 Å². The lowest BCUT2D eigenvalue weighted by molar-refractivity contribution is -0.122. The molecule has 5 nitrogen and oxygen atoms in total. The van der Waals surface area contributed by atoms with Crippen molar-refractivity contribution in [2.24, 2.45) is 5.92 Å². The summed E-state index contributed by atoms with van der Waals surface area (Å²) in [5.74, 6) is 0.911. The molecule has 2 N–H and O–H groups in total. The van der Waals surface area contributed by atoms with E-state index in [0.717, 1.165) is 36.7 Å². The number of benzene rings is 1. The number of nitrogens with one attached hydrogen (secondary N) is 2. The van der Waals surface area contributed by atoms with E-state index >= 15 is 0 Å². The van der Waals surface area contributed by atoms with Crippen LogP contribution in [0.3, 0.4) is 0 Å². The molecule has 5 heteroatoms. The number of carbonyl (C=O) groups excluding carboxylic acids is 1. The minimum Gasteiger partial charge on any atom is -0.380 e. The van der Waals surface area contributed by atoms with Gasteiger partial charge in [-0.25, -0.2) is 0 Å². The number of methoxy groups -OCH3 is 1. The number of piperidine rings is 1. The molecule has 1 fully saturated rings. The molecule has 0 saturated carbocycles. The van der Waals surface area contributed by atoms with Crippen molar-refractivity contribution in [2.75, 3.05) is 40.3 Å². The molecule has 134 valence electrons. The molecule has 1 saturated heterocycles. The maximum Gasteiger partial charge on any atom is 0.234 e. The summed E-state index contributed by atoms with van der Waals surface area (Å²) < 4.78 is 5.21. The molecule has 0 aromatic heterocycles. The highest BCUT2D eigenvalue weighted by Gasteiger charge is 2.20. The summed E-state index contributed by atoms with van der Waals surface area (Å²) in [5, 5.41) is 6.26. The molecule has 0 radical (unpaired) electrons. The highest BCUT2D eigenvalue weighted by Crippen LogP contribution is 2.19. The normalized spacial score (nSPS) is 16.2. The summed E-state index contributed by atoms with van der Waals surface area (Å²) in [6.07, 6.45) is 3.64. The van der Waals surface area contributed by atoms with Gasteiger partial charge in [0, 0.05) is 13.7 Å². The molecule has 0 atom stereocenters. The Labute approximate surface area is 145 Å². The molecule has 2 rings (SSSR count). The van der Waals surface area contributed by atoms with Crippen molar-refractivity contribution >= 4 is 5.91 Å². The van der Waals surface area contributed by atoms with E-state index in [1.807, 2.05) is 31.3 Å². The highest BCUT2D eigenvalue weighted by atomic mass is 16.5. The van der Waals surface area contributed by atoms with Gasteiger partial charge in [0.15, 0.2) is 0 Å². The molecule has 0 bridgehead atoms. The number of hydrogen-bond donors (Lipinski definition) is 2. The summed E-state index contributed by atoms with van der Waals surface area (Å²) in [5.41, 5.74) is 2.25. The molecule has 1 heterocycles. The summed E-state index contributed by atoms with van der Waals surface area (Å²) in [6, 6.07) is 8.08. The third-order valence-corrected chi connectivity index (χ3v) is 4.77. The average molecular weight is 333 g/mol. The van der Waals surface area contributed by atoms with E-state index in [4.69, 9.17) is 4.74 Å². The molecule has 1 aliphatic heterocycles. The molecule has 1 aromatic rings. The van der Waals surface area contributed by atoms with Gasteiger partial charge in [-0.3, -0.25) is 9.69 Å². The monoisotopic (exact) mass is 333 g/mol. The van der Waals surface area contributed by atoms with Gasteiger partial charge in [0.05, 0.1) is 13.2 Å². The standard InChI is InChI=1S/C19H31N3O2/c1-20-10-7-16-8-11-22(12-9-16)14-19(23)21-13-17-5-3-4-6-18(17)15-24-2/h3-6,16,20H,7-15H2,1-2H3,(H,21,23). The molecular formula is C19H31N3O2. The van der Waals surface area contributed by atoms with Crippen LogP contribution in [0, 0.1) is 5.92 Å². The SMILES string of the molecule is CNCCC1CCN(CC(=O)NCc2ccccc2COC)CC1. The van der Waals surface area contributed by atoms with Gasteiger partial charge in [0.2, 0.25) is 5.91 Å². The average Bonchev–Trinajstić information content (AvgIpc) is 2.61. The molecule has 1 aromatic carbocycles. The Balaban J connectivity index is 1.71. The van der Waals surface area contributed by atoms with E-state index in [1.54, 1.807) is 7.11 Å². The zero-order valence-electron chi connectivity index (χ0n) is 15.0. The third-order valence-electron chi connectivity index (χ3n) is 4.77. The molecule has 0 unspecified atom stereocenters. The molecule has 1 aliphatic rings. The second-order valence-electron chi connectivity index (χ2n) is 6.59. The third kappa shape index (κ3) is 6.23. The van der Waals surface area contributed by atoms with Gasteiger partial charge in [-0.2, -0.15) is 0 Å². The second-order valence-corrected chi connectivity index (χ2v) is 6.59. The largest absolute Gasteiger partial charge is 0.380 e. The van der Waals surface area contributed by atoms with Gasteiger partial charge in [0.25, 0.3) is 0 Å².